The summed E-state index contributed by atoms with van der Waals surface area (Å²) in [7, 11) is -9.99. The van der Waals surface area contributed by atoms with E-state index in [4.69, 9.17) is 25.3 Å². The summed E-state index contributed by atoms with van der Waals surface area (Å²) >= 11 is -1.88. The van der Waals surface area contributed by atoms with Crippen molar-refractivity contribution in [3.05, 3.63) is 245 Å². The van der Waals surface area contributed by atoms with Crippen LogP contribution in [-0.4, -0.2) is 31.5 Å². The third-order valence-corrected chi connectivity index (χ3v) is 15.8. The van der Waals surface area contributed by atoms with Crippen LogP contribution in [0, 0.1) is 11.9 Å². The summed E-state index contributed by atoms with van der Waals surface area (Å²) in [6.07, 6.45) is 18.9. The summed E-state index contributed by atoms with van der Waals surface area (Å²) in [6, 6.07) is 62.4. The van der Waals surface area contributed by atoms with E-state index in [-0.39, 0.29) is 4.90 Å². The Hall–Kier alpha value is -4.73. The van der Waals surface area contributed by atoms with Gasteiger partial charge in [-0.3, -0.25) is 6.14 Å². The molecule has 4 atom stereocenters. The molecule has 0 aliphatic rings. The number of hydrogen-bond acceptors (Lipinski definition) is 9. The smallest absolute Gasteiger partial charge is 0.238 e. The molecular weight excluding hydrogens is 1530 g/mol. The van der Waals surface area contributed by atoms with Crippen LogP contribution in [0.25, 0.3) is 0 Å². The summed E-state index contributed by atoms with van der Waals surface area (Å²) in [5, 5.41) is 20.1. The molecule has 9 N–H and O–H groups in total. The molecular formula is C76H129I2N5O8S5. The Kier molecular flexibility index (Phi) is 111. The Morgan fingerprint density at radius 3 is 0.635 bits per heavy atom. The van der Waals surface area contributed by atoms with E-state index >= 15 is 0 Å². The van der Waals surface area contributed by atoms with Gasteiger partial charge in [0.25, 0.3) is 0 Å². The van der Waals surface area contributed by atoms with Crippen LogP contribution in [0.3, 0.4) is 0 Å². The minimum Gasteiger partial charge on any atom is -0.265 e. The van der Waals surface area contributed by atoms with Gasteiger partial charge in [0.15, 0.2) is 42.4 Å². The quantitative estimate of drug-likeness (QED) is 0.0579. The zero-order valence-corrected chi connectivity index (χ0v) is 70.2. The zero-order valence-electron chi connectivity index (χ0n) is 61.8. The van der Waals surface area contributed by atoms with Crippen molar-refractivity contribution in [1.82, 2.24) is 0 Å². The number of allylic oxidation sites excluding steroid dienone is 1. The lowest BCUT2D eigenvalue weighted by molar-refractivity contribution is 0.597. The number of halogens is 2. The highest BCUT2D eigenvalue weighted by Crippen LogP contribution is 2.09. The monoisotopic (exact) mass is 1650 g/mol. The molecule has 7 aromatic rings. The molecule has 0 aromatic heterocycles. The summed E-state index contributed by atoms with van der Waals surface area (Å²) in [6.45, 7) is 45.5. The molecule has 4 unspecified atom stereocenters. The van der Waals surface area contributed by atoms with E-state index in [1.54, 1.807) is 121 Å². The first-order valence-electron chi connectivity index (χ1n) is 32.5. The molecule has 0 heterocycles. The molecule has 0 aliphatic carbocycles. The molecule has 0 aliphatic heterocycles. The van der Waals surface area contributed by atoms with Crippen molar-refractivity contribution < 1.29 is 31.4 Å². The van der Waals surface area contributed by atoms with Crippen LogP contribution in [0.1, 0.15) is 195 Å². The first-order valence-corrected chi connectivity index (χ1v) is 43.6. The fourth-order valence-corrected chi connectivity index (χ4v) is 8.15. The second kappa shape index (κ2) is 94.5. The molecule has 0 spiro atoms. The summed E-state index contributed by atoms with van der Waals surface area (Å²) in [5.74, 6) is 0. The van der Waals surface area contributed by atoms with Crippen molar-refractivity contribution in [2.24, 2.45) is 20.6 Å². The van der Waals surface area contributed by atoms with Gasteiger partial charge in [-0.2, -0.15) is 0 Å². The highest BCUT2D eigenvalue weighted by Gasteiger charge is 2.04. The number of primary sulfonamides is 1. The van der Waals surface area contributed by atoms with Crippen LogP contribution in [0.15, 0.2) is 263 Å². The number of benzene rings is 7. The molecule has 13 nitrogen and oxygen atoms in total. The first-order chi connectivity index (χ1) is 45.8. The van der Waals surface area contributed by atoms with Gasteiger partial charge in [-0.15, -0.1) is 19.7 Å². The third-order valence-electron chi connectivity index (χ3n) is 9.04. The van der Waals surface area contributed by atoms with Crippen LogP contribution in [-0.2, 0) is 58.8 Å². The normalized spacial score (nSPS) is 10.2. The lowest BCUT2D eigenvalue weighted by atomic mass is 10.3. The van der Waals surface area contributed by atoms with Crippen molar-refractivity contribution in [2.75, 3.05) is 6.26 Å². The van der Waals surface area contributed by atoms with E-state index in [0.717, 1.165) is 7.14 Å². The minimum atomic E-state index is -3.50. The topological polar surface area (TPSA) is 264 Å². The highest BCUT2D eigenvalue weighted by molar-refractivity contribution is 14.2. The number of nitrogens with two attached hydrogens (primary N) is 4. The number of rotatable bonds is 12. The molecule has 96 heavy (non-hydrogen) atoms. The number of nitrogens with one attached hydrogen (secondary N) is 1. The van der Waals surface area contributed by atoms with E-state index < -0.39 is 95.1 Å². The van der Waals surface area contributed by atoms with Gasteiger partial charge in [0, 0.05) is 18.3 Å². The molecule has 0 saturated carbocycles. The maximum absolute atomic E-state index is 11.1. The van der Waals surface area contributed by atoms with Crippen molar-refractivity contribution in [2.45, 2.75) is 219 Å². The molecule has 0 saturated heterocycles. The van der Waals surface area contributed by atoms with E-state index in [1.807, 2.05) is 106 Å². The SMILES string of the molecule is C=C.C=CC.CC.CCC.CCC.CCC.CCCC.CCCC.CCCC.CCCCC.CS(=N)(=O)c1ccccc1.NS(=O)(=O)c1ccccc1.NS(=O)c1ccccc1.NS(=O)c1ccccc1.NS(=O)c1ccccc1.O=Ic1ccccc1.O=Ic1ccccc1. The number of sulfonamides is 1. The predicted octanol–water partition coefficient (Wildman–Crippen LogP) is 23.3. The lowest BCUT2D eigenvalue weighted by Gasteiger charge is -1.97. The average molecular weight is 1660 g/mol. The number of hydrogen-bond donors (Lipinski definition) is 5. The lowest BCUT2D eigenvalue weighted by Crippen LogP contribution is -2.11. The van der Waals surface area contributed by atoms with E-state index in [2.05, 4.69) is 117 Å². The standard InChI is InChI=1S/C7H9NOS.2C6H5IO.C6H7NO2S.3C6H7NOS.C5H12.3C4H10.3C3H8.C3H6.C2H6.C2H4/c1-10(8,9)7-5-3-2-4-6-7;2*8-7-6-4-2-1-3-5-6;7-10(8,9)6-4-2-1-3-5-6;3*7-9(8)6-4-2-1-3-5-6;1-3-5-4-2;3*1-3-4-2;4*1-3-2;2*1-2/h2-6,8H,1H3;2*1-5H;1-5H,(H2,7,8,9);3*1-5H,7H2;3-5H2,1-2H3;3*3-4H2,1-2H3;3*3H2,1-2H3;3H,1H2,2H3;1-2H3;1-2H2. The molecule has 7 rings (SSSR count). The van der Waals surface area contributed by atoms with E-state index in [1.165, 1.54) is 95.4 Å². The van der Waals surface area contributed by atoms with Gasteiger partial charge in [0.05, 0.1) is 29.3 Å². The fraction of sp³-hybridized carbons (Fsp3) is 0.395. The second-order valence-electron chi connectivity index (χ2n) is 18.5. The van der Waals surface area contributed by atoms with Crippen molar-refractivity contribution in [1.29, 1.82) is 4.78 Å². The molecule has 0 fully saturated rings. The zero-order chi connectivity index (χ0) is 76.1. The molecule has 0 radical (unpaired) electrons. The second-order valence-corrected chi connectivity index (χ2v) is 28.8. The largest absolute Gasteiger partial charge is 0.265 e. The van der Waals surface area contributed by atoms with Crippen LogP contribution >= 0.6 is 42.4 Å². The Balaban J connectivity index is -0.000000105. The minimum absolute atomic E-state index is 0.148. The van der Waals surface area contributed by atoms with Crippen LogP contribution in [0.2, 0.25) is 0 Å². The van der Waals surface area contributed by atoms with Crippen LogP contribution < -0.4 is 20.6 Å². The first kappa shape index (κ1) is 113. The predicted molar refractivity (Wildman–Crippen MR) is 443 cm³/mol. The molecule has 7 aromatic carbocycles. The van der Waals surface area contributed by atoms with Crippen molar-refractivity contribution in [3.8, 4) is 0 Å². The van der Waals surface area contributed by atoms with Crippen LogP contribution in [0.4, 0.5) is 0 Å². The molecule has 20 heteroatoms. The van der Waals surface area contributed by atoms with Crippen molar-refractivity contribution >= 4 is 95.1 Å². The third kappa shape index (κ3) is 97.9. The Morgan fingerprint density at radius 1 is 0.385 bits per heavy atom. The number of unbranched alkanes of at least 4 members (excludes halogenated alkanes) is 5. The molecule has 0 amide bonds. The fourth-order valence-electron chi connectivity index (χ4n) is 4.24. The maximum Gasteiger partial charge on any atom is 0.238 e. The van der Waals surface area contributed by atoms with Gasteiger partial charge in [0.2, 0.25) is 10.0 Å². The van der Waals surface area contributed by atoms with Crippen molar-refractivity contribution in [3.63, 3.8) is 0 Å². The summed E-state index contributed by atoms with van der Waals surface area (Å²) in [4.78, 5) is 2.73. The maximum atomic E-state index is 11.1. The van der Waals surface area contributed by atoms with Crippen LogP contribution in [0.5, 0.6) is 0 Å². The van der Waals surface area contributed by atoms with Gasteiger partial charge >= 0.3 is 0 Å². The Bertz CT molecular complexity index is 2670. The Labute approximate surface area is 616 Å². The summed E-state index contributed by atoms with van der Waals surface area (Å²) in [5.41, 5.74) is 0. The molecule has 0 bridgehead atoms. The van der Waals surface area contributed by atoms with Gasteiger partial charge in [-0.1, -0.05) is 321 Å². The van der Waals surface area contributed by atoms with Gasteiger partial charge < -0.3 is 0 Å². The highest BCUT2D eigenvalue weighted by atomic mass is 127. The summed E-state index contributed by atoms with van der Waals surface area (Å²) < 4.78 is 93.5. The van der Waals surface area contributed by atoms with Gasteiger partial charge in [-0.05, 0) is 91.9 Å². The van der Waals surface area contributed by atoms with E-state index in [9.17, 15) is 31.4 Å². The van der Waals surface area contributed by atoms with Gasteiger partial charge in [0.1, 0.15) is 33.0 Å². The van der Waals surface area contributed by atoms with E-state index in [0.29, 0.717) is 19.6 Å². The van der Waals surface area contributed by atoms with Gasteiger partial charge in [-0.25, -0.2) is 50.6 Å². The molecule has 550 valence electrons. The average Bonchev–Trinajstić information content (AvgIpc) is 1.65. The Morgan fingerprint density at radius 2 is 0.552 bits per heavy atom.